The van der Waals surface area contributed by atoms with Crippen LogP contribution in [0.15, 0.2) is 53.9 Å². The average Bonchev–Trinajstić information content (AvgIpc) is 3.06. The molecule has 2 N–H and O–H groups in total. The van der Waals surface area contributed by atoms with Crippen LogP contribution in [0.4, 0.5) is 5.00 Å². The molecule has 1 aromatic heterocycles. The van der Waals surface area contributed by atoms with Crippen molar-refractivity contribution in [1.29, 1.82) is 0 Å². The lowest BCUT2D eigenvalue weighted by Gasteiger charge is -2.08. The van der Waals surface area contributed by atoms with E-state index in [1.54, 1.807) is 29.6 Å². The van der Waals surface area contributed by atoms with Gasteiger partial charge in [0.25, 0.3) is 5.91 Å². The van der Waals surface area contributed by atoms with Crippen LogP contribution in [0.1, 0.15) is 27.6 Å². The SMILES string of the molecule is CCOc1ccc(-c2csc(NC(=O)c3ccccc3I)c2C(=O)O)cc1. The fraction of sp³-hybridized carbons (Fsp3) is 0.100. The van der Waals surface area contributed by atoms with E-state index in [0.717, 1.165) is 14.9 Å². The van der Waals surface area contributed by atoms with Crippen LogP contribution in [0.2, 0.25) is 0 Å². The number of halogens is 1. The van der Waals surface area contributed by atoms with Gasteiger partial charge in [0.05, 0.1) is 12.2 Å². The summed E-state index contributed by atoms with van der Waals surface area (Å²) < 4.78 is 6.22. The monoisotopic (exact) mass is 493 g/mol. The number of rotatable bonds is 6. The fourth-order valence-corrected chi connectivity index (χ4v) is 4.18. The molecule has 0 aliphatic carbocycles. The average molecular weight is 493 g/mol. The Bertz CT molecular complexity index is 982. The fourth-order valence-electron chi connectivity index (χ4n) is 2.59. The van der Waals surface area contributed by atoms with Gasteiger partial charge in [0.15, 0.2) is 0 Å². The summed E-state index contributed by atoms with van der Waals surface area (Å²) >= 11 is 3.28. The van der Waals surface area contributed by atoms with Crippen LogP contribution in [-0.4, -0.2) is 23.6 Å². The molecule has 138 valence electrons. The third kappa shape index (κ3) is 4.30. The lowest BCUT2D eigenvalue weighted by molar-refractivity contribution is 0.0699. The quantitative estimate of drug-likeness (QED) is 0.453. The molecule has 2 aromatic carbocycles. The Morgan fingerprint density at radius 2 is 1.85 bits per heavy atom. The van der Waals surface area contributed by atoms with Crippen molar-refractivity contribution >= 4 is 50.8 Å². The van der Waals surface area contributed by atoms with Gasteiger partial charge in [-0.15, -0.1) is 11.3 Å². The van der Waals surface area contributed by atoms with E-state index in [9.17, 15) is 14.7 Å². The number of hydrogen-bond donors (Lipinski definition) is 2. The smallest absolute Gasteiger partial charge is 0.339 e. The van der Waals surface area contributed by atoms with Crippen molar-refractivity contribution in [2.75, 3.05) is 11.9 Å². The number of nitrogens with one attached hydrogen (secondary N) is 1. The maximum atomic E-state index is 12.6. The standard InChI is InChI=1S/C20H16INO4S/c1-2-26-13-9-7-12(8-10-13)15-11-27-19(17(15)20(24)25)22-18(23)14-5-3-4-6-16(14)21/h3-11H,2H2,1H3,(H,22,23)(H,24,25). The summed E-state index contributed by atoms with van der Waals surface area (Å²) in [4.78, 5) is 24.4. The first-order valence-electron chi connectivity index (χ1n) is 8.15. The van der Waals surface area contributed by atoms with Gasteiger partial charge in [-0.3, -0.25) is 4.79 Å². The third-order valence-corrected chi connectivity index (χ3v) is 5.66. The van der Waals surface area contributed by atoms with Gasteiger partial charge in [-0.25, -0.2) is 4.79 Å². The van der Waals surface area contributed by atoms with Gasteiger partial charge < -0.3 is 15.2 Å². The Morgan fingerprint density at radius 1 is 1.15 bits per heavy atom. The van der Waals surface area contributed by atoms with Crippen molar-refractivity contribution in [3.8, 4) is 16.9 Å². The van der Waals surface area contributed by atoms with E-state index in [0.29, 0.717) is 22.7 Å². The molecule has 0 fully saturated rings. The zero-order valence-corrected chi connectivity index (χ0v) is 17.3. The van der Waals surface area contributed by atoms with Crippen molar-refractivity contribution < 1.29 is 19.4 Å². The Hall–Kier alpha value is -2.39. The highest BCUT2D eigenvalue weighted by Gasteiger charge is 2.22. The van der Waals surface area contributed by atoms with E-state index in [-0.39, 0.29) is 11.5 Å². The van der Waals surface area contributed by atoms with Gasteiger partial charge in [0.1, 0.15) is 16.3 Å². The van der Waals surface area contributed by atoms with E-state index in [1.165, 1.54) is 11.3 Å². The van der Waals surface area contributed by atoms with Crippen molar-refractivity contribution in [3.63, 3.8) is 0 Å². The minimum absolute atomic E-state index is 0.0865. The number of carboxylic acids is 1. The minimum atomic E-state index is -1.09. The topological polar surface area (TPSA) is 75.6 Å². The Kier molecular flexibility index (Phi) is 6.12. The zero-order chi connectivity index (χ0) is 19.4. The van der Waals surface area contributed by atoms with Crippen molar-refractivity contribution in [2.24, 2.45) is 0 Å². The van der Waals surface area contributed by atoms with Gasteiger partial charge in [-0.1, -0.05) is 24.3 Å². The first-order chi connectivity index (χ1) is 13.0. The first kappa shape index (κ1) is 19.4. The summed E-state index contributed by atoms with van der Waals surface area (Å²) in [5, 5.41) is 14.5. The highest BCUT2D eigenvalue weighted by atomic mass is 127. The Labute approximate surface area is 174 Å². The van der Waals surface area contributed by atoms with Gasteiger partial charge in [0, 0.05) is 14.5 Å². The summed E-state index contributed by atoms with van der Waals surface area (Å²) in [7, 11) is 0. The summed E-state index contributed by atoms with van der Waals surface area (Å²) in [6.45, 7) is 2.46. The van der Waals surface area contributed by atoms with E-state index in [4.69, 9.17) is 4.74 Å². The maximum Gasteiger partial charge on any atom is 0.339 e. The molecule has 5 nitrogen and oxygen atoms in total. The number of thiophene rings is 1. The third-order valence-electron chi connectivity index (χ3n) is 3.83. The van der Waals surface area contributed by atoms with Crippen molar-refractivity contribution in [3.05, 3.63) is 68.6 Å². The van der Waals surface area contributed by atoms with Gasteiger partial charge in [-0.05, 0) is 59.3 Å². The maximum absolute atomic E-state index is 12.6. The molecular weight excluding hydrogens is 477 g/mol. The molecule has 0 bridgehead atoms. The molecule has 1 heterocycles. The number of anilines is 1. The lowest BCUT2D eigenvalue weighted by atomic mass is 10.0. The molecule has 0 atom stereocenters. The Morgan fingerprint density at radius 3 is 2.48 bits per heavy atom. The van der Waals surface area contributed by atoms with Crippen LogP contribution in [-0.2, 0) is 0 Å². The number of carbonyl (C=O) groups is 2. The molecule has 3 aromatic rings. The molecule has 1 amide bonds. The van der Waals surface area contributed by atoms with Crippen LogP contribution in [0, 0.1) is 3.57 Å². The van der Waals surface area contributed by atoms with Crippen LogP contribution >= 0.6 is 33.9 Å². The molecule has 7 heteroatoms. The van der Waals surface area contributed by atoms with E-state index < -0.39 is 5.97 Å². The second-order valence-corrected chi connectivity index (χ2v) is 7.59. The number of aromatic carboxylic acids is 1. The zero-order valence-electron chi connectivity index (χ0n) is 14.4. The number of hydrogen-bond acceptors (Lipinski definition) is 4. The molecule has 27 heavy (non-hydrogen) atoms. The largest absolute Gasteiger partial charge is 0.494 e. The normalized spacial score (nSPS) is 10.4. The highest BCUT2D eigenvalue weighted by Crippen LogP contribution is 2.36. The second kappa shape index (κ2) is 8.53. The predicted octanol–water partition coefficient (Wildman–Crippen LogP) is 5.37. The Balaban J connectivity index is 1.93. The molecule has 0 unspecified atom stereocenters. The molecule has 0 spiro atoms. The molecule has 3 rings (SSSR count). The predicted molar refractivity (Wildman–Crippen MR) is 115 cm³/mol. The molecule has 0 saturated carbocycles. The van der Waals surface area contributed by atoms with Crippen molar-refractivity contribution in [1.82, 2.24) is 0 Å². The van der Waals surface area contributed by atoms with E-state index in [2.05, 4.69) is 27.9 Å². The van der Waals surface area contributed by atoms with Crippen LogP contribution in [0.25, 0.3) is 11.1 Å². The summed E-state index contributed by atoms with van der Waals surface area (Å²) in [6, 6.07) is 14.4. The first-order valence-corrected chi connectivity index (χ1v) is 10.1. The summed E-state index contributed by atoms with van der Waals surface area (Å²) in [6.07, 6.45) is 0. The van der Waals surface area contributed by atoms with Crippen LogP contribution < -0.4 is 10.1 Å². The van der Waals surface area contributed by atoms with E-state index >= 15 is 0 Å². The molecule has 0 aliphatic heterocycles. The number of carboxylic acid groups (broad SMARTS) is 1. The molecular formula is C20H16INO4S. The molecule has 0 aliphatic rings. The van der Waals surface area contributed by atoms with Gasteiger partial charge >= 0.3 is 5.97 Å². The van der Waals surface area contributed by atoms with Crippen LogP contribution in [0.5, 0.6) is 5.75 Å². The number of ether oxygens (including phenoxy) is 1. The van der Waals surface area contributed by atoms with Gasteiger partial charge in [0.2, 0.25) is 0 Å². The molecule has 0 radical (unpaired) electrons. The lowest BCUT2D eigenvalue weighted by Crippen LogP contribution is -2.14. The minimum Gasteiger partial charge on any atom is -0.494 e. The number of benzene rings is 2. The number of carbonyl (C=O) groups excluding carboxylic acids is 1. The summed E-state index contributed by atoms with van der Waals surface area (Å²) in [5.41, 5.74) is 1.91. The number of amides is 1. The second-order valence-electron chi connectivity index (χ2n) is 5.55. The molecule has 0 saturated heterocycles. The highest BCUT2D eigenvalue weighted by molar-refractivity contribution is 14.1. The summed E-state index contributed by atoms with van der Waals surface area (Å²) in [5.74, 6) is -0.693. The van der Waals surface area contributed by atoms with E-state index in [1.807, 2.05) is 31.2 Å². The van der Waals surface area contributed by atoms with Crippen LogP contribution in [0.3, 0.4) is 0 Å². The van der Waals surface area contributed by atoms with Crippen molar-refractivity contribution in [2.45, 2.75) is 6.92 Å². The van der Waals surface area contributed by atoms with Gasteiger partial charge in [-0.2, -0.15) is 0 Å².